The molecule has 2 atom stereocenters. The summed E-state index contributed by atoms with van der Waals surface area (Å²) in [4.78, 5) is 14.7. The largest absolute Gasteiger partial charge is 0.392 e. The normalized spacial score (nSPS) is 23.9. The van der Waals surface area contributed by atoms with Gasteiger partial charge in [-0.1, -0.05) is 24.3 Å². The summed E-state index contributed by atoms with van der Waals surface area (Å²) in [7, 11) is 1.69. The molecule has 5 heteroatoms. The topological polar surface area (TPSA) is 49.8 Å². The van der Waals surface area contributed by atoms with E-state index in [2.05, 4.69) is 0 Å². The number of aliphatic hydroxyl groups is 1. The van der Waals surface area contributed by atoms with Crippen LogP contribution in [0.25, 0.3) is 11.1 Å². The van der Waals surface area contributed by atoms with Gasteiger partial charge in [-0.2, -0.15) is 0 Å². The van der Waals surface area contributed by atoms with Gasteiger partial charge in [0.05, 0.1) is 12.2 Å². The van der Waals surface area contributed by atoms with Crippen molar-refractivity contribution >= 4 is 5.91 Å². The number of methoxy groups -OCH3 is 1. The van der Waals surface area contributed by atoms with Gasteiger partial charge in [-0.15, -0.1) is 0 Å². The number of hydrogen-bond donors (Lipinski definition) is 1. The van der Waals surface area contributed by atoms with Crippen molar-refractivity contribution in [2.45, 2.75) is 31.5 Å². The Morgan fingerprint density at radius 3 is 2.44 bits per heavy atom. The highest BCUT2D eigenvalue weighted by atomic mass is 19.1. The molecular formula is C22H24FNO3. The lowest BCUT2D eigenvalue weighted by Crippen LogP contribution is -2.62. The molecule has 1 saturated carbocycles. The highest BCUT2D eigenvalue weighted by molar-refractivity contribution is 5.94. The van der Waals surface area contributed by atoms with Crippen LogP contribution in [0.2, 0.25) is 0 Å². The summed E-state index contributed by atoms with van der Waals surface area (Å²) in [5.74, 6) is -0.277. The molecule has 1 aliphatic heterocycles. The highest BCUT2D eigenvalue weighted by Crippen LogP contribution is 2.50. The first-order valence-corrected chi connectivity index (χ1v) is 9.40. The van der Waals surface area contributed by atoms with Crippen molar-refractivity contribution in [2.75, 3.05) is 20.2 Å². The van der Waals surface area contributed by atoms with Crippen LogP contribution in [0.15, 0.2) is 48.5 Å². The number of hydrogen-bond acceptors (Lipinski definition) is 3. The highest BCUT2D eigenvalue weighted by Gasteiger charge is 2.56. The number of aliphatic hydroxyl groups excluding tert-OH is 1. The van der Waals surface area contributed by atoms with Crippen molar-refractivity contribution in [3.8, 4) is 11.1 Å². The summed E-state index contributed by atoms with van der Waals surface area (Å²) in [6.07, 6.45) is 1.98. The first-order valence-electron chi connectivity index (χ1n) is 9.40. The number of ether oxygens (including phenoxy) is 1. The minimum absolute atomic E-state index is 0.00146. The number of rotatable bonds is 3. The lowest BCUT2D eigenvalue weighted by atomic mass is 9.58. The molecule has 2 aromatic rings. The molecule has 1 N–H and O–H groups in total. The van der Waals surface area contributed by atoms with E-state index in [0.29, 0.717) is 25.1 Å². The molecular weight excluding hydrogens is 345 g/mol. The molecule has 1 aliphatic carbocycles. The number of benzene rings is 2. The Balaban J connectivity index is 1.43. The van der Waals surface area contributed by atoms with E-state index in [0.717, 1.165) is 24.0 Å². The van der Waals surface area contributed by atoms with Gasteiger partial charge in [0.1, 0.15) is 5.82 Å². The van der Waals surface area contributed by atoms with Crippen molar-refractivity contribution in [3.05, 3.63) is 59.9 Å². The maximum absolute atomic E-state index is 13.4. The van der Waals surface area contributed by atoms with Gasteiger partial charge < -0.3 is 14.7 Å². The molecule has 2 aliphatic rings. The van der Waals surface area contributed by atoms with Gasteiger partial charge >= 0.3 is 0 Å². The van der Waals surface area contributed by atoms with Gasteiger partial charge in [0.25, 0.3) is 5.91 Å². The smallest absolute Gasteiger partial charge is 0.253 e. The van der Waals surface area contributed by atoms with Crippen molar-refractivity contribution in [2.24, 2.45) is 5.41 Å². The predicted molar refractivity (Wildman–Crippen MR) is 101 cm³/mol. The Bertz CT molecular complexity index is 828. The monoisotopic (exact) mass is 369 g/mol. The molecule has 27 heavy (non-hydrogen) atoms. The van der Waals surface area contributed by atoms with E-state index in [1.165, 1.54) is 12.1 Å². The third-order valence-corrected chi connectivity index (χ3v) is 6.30. The van der Waals surface area contributed by atoms with Crippen LogP contribution >= 0.6 is 0 Å². The SMILES string of the molecule is CO[C@H]1C[C@@H](O)C12CCN(C(=O)c1ccc(-c3cccc(F)c3)cc1)CC2. The van der Waals surface area contributed by atoms with E-state index in [4.69, 9.17) is 4.74 Å². The summed E-state index contributed by atoms with van der Waals surface area (Å²) in [5.41, 5.74) is 2.11. The van der Waals surface area contributed by atoms with Gasteiger partial charge in [-0.05, 0) is 48.2 Å². The number of piperidine rings is 1. The first kappa shape index (κ1) is 18.1. The molecule has 0 aromatic heterocycles. The van der Waals surface area contributed by atoms with Crippen LogP contribution < -0.4 is 0 Å². The standard InChI is InChI=1S/C22H24FNO3/c1-27-20-14-19(25)22(20)9-11-24(12-10-22)21(26)16-7-5-15(6-8-16)17-3-2-4-18(23)13-17/h2-8,13,19-20,25H,9-12,14H2,1H3/t19-,20+/m1/s1. The van der Waals surface area contributed by atoms with E-state index in [-0.39, 0.29) is 29.3 Å². The maximum atomic E-state index is 13.4. The van der Waals surface area contributed by atoms with E-state index in [1.54, 1.807) is 25.3 Å². The Morgan fingerprint density at radius 2 is 1.85 bits per heavy atom. The van der Waals surface area contributed by atoms with Gasteiger partial charge in [-0.3, -0.25) is 4.79 Å². The van der Waals surface area contributed by atoms with Crippen LogP contribution in [0.5, 0.6) is 0 Å². The van der Waals surface area contributed by atoms with Crippen molar-refractivity contribution in [1.82, 2.24) is 4.90 Å². The number of carbonyl (C=O) groups excluding carboxylic acids is 1. The molecule has 4 nitrogen and oxygen atoms in total. The second-order valence-electron chi connectivity index (χ2n) is 7.59. The molecule has 4 rings (SSSR count). The van der Waals surface area contributed by atoms with Crippen LogP contribution in [0.4, 0.5) is 4.39 Å². The van der Waals surface area contributed by atoms with Crippen LogP contribution in [0.1, 0.15) is 29.6 Å². The zero-order chi connectivity index (χ0) is 19.0. The number of nitrogens with zero attached hydrogens (tertiary/aromatic N) is 1. The van der Waals surface area contributed by atoms with Crippen LogP contribution in [-0.4, -0.2) is 48.3 Å². The molecule has 1 spiro atoms. The average Bonchev–Trinajstić information content (AvgIpc) is 2.71. The van der Waals surface area contributed by atoms with Gasteiger partial charge in [0, 0.05) is 37.6 Å². The zero-order valence-corrected chi connectivity index (χ0v) is 15.4. The molecule has 142 valence electrons. The number of carbonyl (C=O) groups is 1. The minimum Gasteiger partial charge on any atom is -0.392 e. The molecule has 0 unspecified atom stereocenters. The van der Waals surface area contributed by atoms with Crippen molar-refractivity contribution in [3.63, 3.8) is 0 Å². The van der Waals surface area contributed by atoms with E-state index >= 15 is 0 Å². The number of amides is 1. The molecule has 2 fully saturated rings. The Hall–Kier alpha value is -2.24. The molecule has 0 radical (unpaired) electrons. The van der Waals surface area contributed by atoms with E-state index in [1.807, 2.05) is 23.1 Å². The zero-order valence-electron chi connectivity index (χ0n) is 15.4. The first-order chi connectivity index (χ1) is 13.0. The fourth-order valence-electron chi connectivity index (χ4n) is 4.49. The molecule has 1 heterocycles. The van der Waals surface area contributed by atoms with Crippen molar-refractivity contribution in [1.29, 1.82) is 0 Å². The summed E-state index contributed by atoms with van der Waals surface area (Å²) < 4.78 is 18.9. The minimum atomic E-state index is -0.328. The fraction of sp³-hybridized carbons (Fsp3) is 0.409. The molecule has 1 amide bonds. The Kier molecular flexibility index (Phi) is 4.74. The third kappa shape index (κ3) is 3.15. The lowest BCUT2D eigenvalue weighted by Gasteiger charge is -2.56. The molecule has 0 bridgehead atoms. The summed E-state index contributed by atoms with van der Waals surface area (Å²) >= 11 is 0. The molecule has 1 saturated heterocycles. The third-order valence-electron chi connectivity index (χ3n) is 6.30. The Labute approximate surface area is 158 Å². The van der Waals surface area contributed by atoms with E-state index < -0.39 is 0 Å². The maximum Gasteiger partial charge on any atom is 0.253 e. The number of likely N-dealkylation sites (tertiary alicyclic amines) is 1. The predicted octanol–water partition coefficient (Wildman–Crippen LogP) is 3.49. The Morgan fingerprint density at radius 1 is 1.15 bits per heavy atom. The summed E-state index contributed by atoms with van der Waals surface area (Å²) in [5, 5.41) is 10.2. The summed E-state index contributed by atoms with van der Waals surface area (Å²) in [6.45, 7) is 1.25. The van der Waals surface area contributed by atoms with Crippen LogP contribution in [0.3, 0.4) is 0 Å². The summed E-state index contributed by atoms with van der Waals surface area (Å²) in [6, 6.07) is 13.7. The van der Waals surface area contributed by atoms with E-state index in [9.17, 15) is 14.3 Å². The van der Waals surface area contributed by atoms with Crippen molar-refractivity contribution < 1.29 is 19.0 Å². The quantitative estimate of drug-likeness (QED) is 0.901. The van der Waals surface area contributed by atoms with Gasteiger partial charge in [0.15, 0.2) is 0 Å². The lowest BCUT2D eigenvalue weighted by molar-refractivity contribution is -0.199. The van der Waals surface area contributed by atoms with Gasteiger partial charge in [0.2, 0.25) is 0 Å². The molecule has 2 aromatic carbocycles. The second-order valence-corrected chi connectivity index (χ2v) is 7.59. The fourth-order valence-corrected chi connectivity index (χ4v) is 4.49. The van der Waals surface area contributed by atoms with Gasteiger partial charge in [-0.25, -0.2) is 4.39 Å². The second kappa shape index (κ2) is 7.06. The number of halogens is 1. The average molecular weight is 369 g/mol. The van der Waals surface area contributed by atoms with Crippen LogP contribution in [0, 0.1) is 11.2 Å². The van der Waals surface area contributed by atoms with Crippen LogP contribution in [-0.2, 0) is 4.74 Å².